The first-order valence-electron chi connectivity index (χ1n) is 10.6. The van der Waals surface area contributed by atoms with E-state index in [2.05, 4.69) is 10.3 Å². The molecule has 1 aromatic rings. The number of hydrogen-bond acceptors (Lipinski definition) is 8. The first kappa shape index (κ1) is 25.6. The van der Waals surface area contributed by atoms with Crippen molar-refractivity contribution in [2.75, 3.05) is 6.61 Å². The normalized spacial score (nSPS) is 22.8. The van der Waals surface area contributed by atoms with E-state index in [0.717, 1.165) is 0 Å². The van der Waals surface area contributed by atoms with Crippen LogP contribution in [0.25, 0.3) is 0 Å². The fourth-order valence-electron chi connectivity index (χ4n) is 3.19. The Morgan fingerprint density at radius 3 is 2.62 bits per heavy atom. The van der Waals surface area contributed by atoms with Crippen LogP contribution in [-0.4, -0.2) is 57.2 Å². The van der Waals surface area contributed by atoms with E-state index in [1.54, 1.807) is 34.6 Å². The largest absolute Gasteiger partial charge is 0.461 e. The standard InChI is InChI=1S/C21H33N3O8/c1-7-11(2)16(22-20(29)32-21(4,5)6)18(27)30-10-14-13(25)8-15(31-14)24-9-12(3)17(26)23-19(24)28/h9,11,13-16,25H,7-8,10H2,1-6H3,(H,22,29)(H,23,26,28)/t11-,13-,14+,15+,16-/m0/s1. The summed E-state index contributed by atoms with van der Waals surface area (Å²) in [7, 11) is 0. The molecule has 5 atom stereocenters. The number of aliphatic hydroxyl groups excluding tert-OH is 1. The number of aromatic amines is 1. The van der Waals surface area contributed by atoms with Crippen molar-refractivity contribution in [3.05, 3.63) is 32.6 Å². The lowest BCUT2D eigenvalue weighted by molar-refractivity contribution is -0.154. The maximum absolute atomic E-state index is 12.7. The molecule has 1 aliphatic rings. The summed E-state index contributed by atoms with van der Waals surface area (Å²) in [6.07, 6.45) is -1.37. The molecule has 1 aliphatic heterocycles. The molecule has 0 spiro atoms. The summed E-state index contributed by atoms with van der Waals surface area (Å²) < 4.78 is 17.4. The van der Waals surface area contributed by atoms with Crippen LogP contribution in [0.15, 0.2) is 15.8 Å². The Morgan fingerprint density at radius 2 is 2.03 bits per heavy atom. The number of alkyl carbamates (subject to hydrolysis) is 1. The summed E-state index contributed by atoms with van der Waals surface area (Å²) in [5, 5.41) is 12.9. The highest BCUT2D eigenvalue weighted by Crippen LogP contribution is 2.28. The highest BCUT2D eigenvalue weighted by atomic mass is 16.6. The van der Waals surface area contributed by atoms with Gasteiger partial charge in [0, 0.05) is 18.2 Å². The van der Waals surface area contributed by atoms with E-state index in [9.17, 15) is 24.3 Å². The van der Waals surface area contributed by atoms with Gasteiger partial charge in [-0.05, 0) is 33.6 Å². The number of nitrogens with zero attached hydrogens (tertiary/aromatic N) is 1. The number of esters is 1. The van der Waals surface area contributed by atoms with Crippen LogP contribution in [0.1, 0.15) is 59.3 Å². The number of H-pyrrole nitrogens is 1. The monoisotopic (exact) mass is 455 g/mol. The molecule has 2 rings (SSSR count). The summed E-state index contributed by atoms with van der Waals surface area (Å²) in [6, 6.07) is -0.936. The van der Waals surface area contributed by atoms with Gasteiger partial charge >= 0.3 is 17.8 Å². The zero-order valence-electron chi connectivity index (χ0n) is 19.3. The lowest BCUT2D eigenvalue weighted by Gasteiger charge is -2.26. The Balaban J connectivity index is 2.02. The van der Waals surface area contributed by atoms with E-state index in [0.29, 0.717) is 12.0 Å². The molecule has 11 heteroatoms. The van der Waals surface area contributed by atoms with E-state index in [1.807, 2.05) is 6.92 Å². The number of ether oxygens (including phenoxy) is 3. The lowest BCUT2D eigenvalue weighted by Crippen LogP contribution is -2.48. The van der Waals surface area contributed by atoms with Gasteiger partial charge in [-0.25, -0.2) is 14.4 Å². The van der Waals surface area contributed by atoms with Crippen molar-refractivity contribution in [1.82, 2.24) is 14.9 Å². The van der Waals surface area contributed by atoms with Crippen molar-refractivity contribution < 1.29 is 28.9 Å². The maximum Gasteiger partial charge on any atom is 0.408 e. The van der Waals surface area contributed by atoms with E-state index in [-0.39, 0.29) is 18.9 Å². The summed E-state index contributed by atoms with van der Waals surface area (Å²) in [6.45, 7) is 10.1. The molecular weight excluding hydrogens is 422 g/mol. The van der Waals surface area contributed by atoms with Crippen LogP contribution in [0.3, 0.4) is 0 Å². The number of aliphatic hydroxyl groups is 1. The molecule has 180 valence electrons. The van der Waals surface area contributed by atoms with Gasteiger partial charge in [0.05, 0.1) is 6.10 Å². The van der Waals surface area contributed by atoms with Crippen LogP contribution >= 0.6 is 0 Å². The van der Waals surface area contributed by atoms with E-state index < -0.39 is 53.4 Å². The zero-order chi connectivity index (χ0) is 24.2. The minimum atomic E-state index is -0.993. The third kappa shape index (κ3) is 6.67. The molecule has 11 nitrogen and oxygen atoms in total. The summed E-state index contributed by atoms with van der Waals surface area (Å²) in [4.78, 5) is 50.6. The minimum absolute atomic E-state index is 0.0819. The van der Waals surface area contributed by atoms with Gasteiger partial charge in [0.2, 0.25) is 0 Å². The van der Waals surface area contributed by atoms with E-state index >= 15 is 0 Å². The summed E-state index contributed by atoms with van der Waals surface area (Å²) >= 11 is 0. The first-order chi connectivity index (χ1) is 14.8. The first-order valence-corrected chi connectivity index (χ1v) is 10.6. The van der Waals surface area contributed by atoms with Gasteiger partial charge in [0.25, 0.3) is 5.56 Å². The number of aromatic nitrogens is 2. The molecular formula is C21H33N3O8. The molecule has 2 heterocycles. The topological polar surface area (TPSA) is 149 Å². The van der Waals surface area contributed by atoms with Crippen LogP contribution in [0.2, 0.25) is 0 Å². The van der Waals surface area contributed by atoms with Crippen molar-refractivity contribution in [2.24, 2.45) is 5.92 Å². The highest BCUT2D eigenvalue weighted by Gasteiger charge is 2.37. The molecule has 1 fully saturated rings. The quantitative estimate of drug-likeness (QED) is 0.515. The van der Waals surface area contributed by atoms with Crippen molar-refractivity contribution in [3.8, 4) is 0 Å². The Labute approximate surface area is 186 Å². The number of amides is 1. The van der Waals surface area contributed by atoms with Crippen LogP contribution in [0.5, 0.6) is 0 Å². The Bertz CT molecular complexity index is 932. The molecule has 0 unspecified atom stereocenters. The zero-order valence-corrected chi connectivity index (χ0v) is 19.3. The summed E-state index contributed by atoms with van der Waals surface area (Å²) in [5.41, 5.74) is -1.55. The van der Waals surface area contributed by atoms with E-state index in [4.69, 9.17) is 14.2 Å². The van der Waals surface area contributed by atoms with Crippen LogP contribution in [0.4, 0.5) is 4.79 Å². The maximum atomic E-state index is 12.7. The van der Waals surface area contributed by atoms with Gasteiger partial charge in [-0.2, -0.15) is 0 Å². The predicted octanol–water partition coefficient (Wildman–Crippen LogP) is 0.976. The molecule has 3 N–H and O–H groups in total. The smallest absolute Gasteiger partial charge is 0.408 e. The third-order valence-corrected chi connectivity index (χ3v) is 5.19. The van der Waals surface area contributed by atoms with E-state index in [1.165, 1.54) is 10.8 Å². The number of aryl methyl sites for hydroxylation is 1. The molecule has 0 radical (unpaired) electrons. The van der Waals surface area contributed by atoms with Crippen molar-refractivity contribution in [3.63, 3.8) is 0 Å². The van der Waals surface area contributed by atoms with Gasteiger partial charge in [0.1, 0.15) is 30.6 Å². The van der Waals surface area contributed by atoms with Gasteiger partial charge < -0.3 is 24.6 Å². The average Bonchev–Trinajstić information content (AvgIpc) is 3.05. The average molecular weight is 456 g/mol. The number of nitrogens with one attached hydrogen (secondary N) is 2. The number of hydrogen-bond donors (Lipinski definition) is 3. The van der Waals surface area contributed by atoms with Gasteiger partial charge in [0.15, 0.2) is 0 Å². The third-order valence-electron chi connectivity index (χ3n) is 5.19. The SMILES string of the molecule is CC[C@H](C)[C@H](NC(=O)OC(C)(C)C)C(=O)OC[C@H]1O[C@@H](n2cc(C)c(=O)[nH]c2=O)C[C@@H]1O. The molecule has 1 aromatic heterocycles. The van der Waals surface area contributed by atoms with Crippen LogP contribution < -0.4 is 16.6 Å². The van der Waals surface area contributed by atoms with Crippen molar-refractivity contribution in [1.29, 1.82) is 0 Å². The molecule has 1 saturated heterocycles. The van der Waals surface area contributed by atoms with Gasteiger partial charge in [-0.3, -0.25) is 14.3 Å². The number of carbonyl (C=O) groups excluding carboxylic acids is 2. The minimum Gasteiger partial charge on any atom is -0.461 e. The van der Waals surface area contributed by atoms with Crippen molar-refractivity contribution >= 4 is 12.1 Å². The highest BCUT2D eigenvalue weighted by molar-refractivity contribution is 5.81. The predicted molar refractivity (Wildman–Crippen MR) is 114 cm³/mol. The van der Waals surface area contributed by atoms with Gasteiger partial charge in [-0.1, -0.05) is 20.3 Å². The fourth-order valence-corrected chi connectivity index (χ4v) is 3.19. The lowest BCUT2D eigenvalue weighted by atomic mass is 9.99. The number of carbonyl (C=O) groups is 2. The Hall–Kier alpha value is -2.66. The molecule has 0 saturated carbocycles. The van der Waals surface area contributed by atoms with Crippen molar-refractivity contribution in [2.45, 2.75) is 84.5 Å². The number of rotatable bonds is 7. The van der Waals surface area contributed by atoms with Crippen LogP contribution in [0, 0.1) is 12.8 Å². The molecule has 32 heavy (non-hydrogen) atoms. The second kappa shape index (κ2) is 10.3. The second-order valence-corrected chi connectivity index (χ2v) is 9.05. The molecule has 0 aliphatic carbocycles. The fraction of sp³-hybridized carbons (Fsp3) is 0.714. The molecule has 1 amide bonds. The Morgan fingerprint density at radius 1 is 1.38 bits per heavy atom. The molecule has 0 aromatic carbocycles. The summed E-state index contributed by atoms with van der Waals surface area (Å²) in [5.74, 6) is -0.901. The van der Waals surface area contributed by atoms with Gasteiger partial charge in [-0.15, -0.1) is 0 Å². The Kier molecular flexibility index (Phi) is 8.24. The van der Waals surface area contributed by atoms with Crippen LogP contribution in [-0.2, 0) is 19.0 Å². The second-order valence-electron chi connectivity index (χ2n) is 9.05. The molecule has 0 bridgehead atoms.